The van der Waals surface area contributed by atoms with Crippen LogP contribution in [0.3, 0.4) is 0 Å². The molecule has 10 heavy (non-hydrogen) atoms. The van der Waals surface area contributed by atoms with Crippen molar-refractivity contribution in [1.29, 1.82) is 0 Å². The molecular formula is C4H5N5O. The molecule has 0 saturated carbocycles. The minimum atomic E-state index is -0.349. The maximum atomic E-state index is 10.5. The second-order valence-electron chi connectivity index (χ2n) is 1.44. The van der Waals surface area contributed by atoms with Gasteiger partial charge in [0.25, 0.3) is 0 Å². The highest BCUT2D eigenvalue weighted by atomic mass is 16.1. The van der Waals surface area contributed by atoms with Crippen LogP contribution in [-0.2, 0) is 4.79 Å². The van der Waals surface area contributed by atoms with Crippen molar-refractivity contribution in [2.75, 3.05) is 5.32 Å². The maximum Gasteiger partial charge on any atom is 0.250 e. The largest absolute Gasteiger partial charge is 0.290 e. The Morgan fingerprint density at radius 2 is 2.60 bits per heavy atom. The van der Waals surface area contributed by atoms with Crippen molar-refractivity contribution in [3.63, 3.8) is 0 Å². The Labute approximate surface area is 56.3 Å². The van der Waals surface area contributed by atoms with E-state index >= 15 is 0 Å². The van der Waals surface area contributed by atoms with E-state index in [-0.39, 0.29) is 11.9 Å². The molecule has 0 fully saturated rings. The summed E-state index contributed by atoms with van der Waals surface area (Å²) < 4.78 is 0. The Bertz CT molecular complexity index is 228. The Balaban J connectivity index is 2.56. The van der Waals surface area contributed by atoms with E-state index in [1.165, 1.54) is 0 Å². The summed E-state index contributed by atoms with van der Waals surface area (Å²) in [5.41, 5.74) is 0. The summed E-state index contributed by atoms with van der Waals surface area (Å²) in [7, 11) is 0. The molecule has 0 saturated heterocycles. The molecule has 0 unspecified atom stereocenters. The first-order chi connectivity index (χ1) is 4.83. The van der Waals surface area contributed by atoms with E-state index in [1.807, 2.05) is 0 Å². The third-order valence-corrected chi connectivity index (χ3v) is 0.772. The number of tetrazole rings is 1. The van der Waals surface area contributed by atoms with Gasteiger partial charge in [-0.15, -0.1) is 0 Å². The van der Waals surface area contributed by atoms with Gasteiger partial charge >= 0.3 is 0 Å². The summed E-state index contributed by atoms with van der Waals surface area (Å²) in [6.07, 6.45) is 1.13. The van der Waals surface area contributed by atoms with E-state index in [4.69, 9.17) is 0 Å². The SMILES string of the molecule is C=CC(=O)Nc1nnn[nH]1. The lowest BCUT2D eigenvalue weighted by Crippen LogP contribution is -2.08. The zero-order chi connectivity index (χ0) is 7.40. The summed E-state index contributed by atoms with van der Waals surface area (Å²) in [6, 6.07) is 0. The zero-order valence-electron chi connectivity index (χ0n) is 5.03. The molecule has 1 aromatic rings. The van der Waals surface area contributed by atoms with E-state index in [0.29, 0.717) is 0 Å². The summed E-state index contributed by atoms with van der Waals surface area (Å²) >= 11 is 0. The molecule has 0 aromatic carbocycles. The van der Waals surface area contributed by atoms with E-state index in [1.54, 1.807) is 0 Å². The van der Waals surface area contributed by atoms with Crippen molar-refractivity contribution < 1.29 is 4.79 Å². The molecule has 6 heteroatoms. The van der Waals surface area contributed by atoms with Crippen molar-refractivity contribution >= 4 is 11.9 Å². The van der Waals surface area contributed by atoms with Crippen LogP contribution in [-0.4, -0.2) is 26.5 Å². The minimum absolute atomic E-state index is 0.213. The molecule has 2 N–H and O–H groups in total. The number of nitrogens with zero attached hydrogens (tertiary/aromatic N) is 3. The monoisotopic (exact) mass is 139 g/mol. The molecule has 1 heterocycles. The lowest BCUT2D eigenvalue weighted by atomic mass is 10.6. The second-order valence-corrected chi connectivity index (χ2v) is 1.44. The second kappa shape index (κ2) is 2.72. The Morgan fingerprint density at radius 3 is 3.10 bits per heavy atom. The van der Waals surface area contributed by atoms with Gasteiger partial charge in [0, 0.05) is 0 Å². The van der Waals surface area contributed by atoms with Crippen LogP contribution in [0.5, 0.6) is 0 Å². The van der Waals surface area contributed by atoms with Gasteiger partial charge in [0.2, 0.25) is 11.9 Å². The van der Waals surface area contributed by atoms with Crippen molar-refractivity contribution in [2.24, 2.45) is 0 Å². The molecule has 52 valence electrons. The summed E-state index contributed by atoms with van der Waals surface area (Å²) in [6.45, 7) is 3.25. The molecule has 0 bridgehead atoms. The fraction of sp³-hybridized carbons (Fsp3) is 0. The first-order valence-corrected chi connectivity index (χ1v) is 2.50. The van der Waals surface area contributed by atoms with Gasteiger partial charge in [-0.2, -0.15) is 0 Å². The third kappa shape index (κ3) is 1.38. The molecule has 0 aliphatic rings. The van der Waals surface area contributed by atoms with Crippen molar-refractivity contribution in [3.8, 4) is 0 Å². The van der Waals surface area contributed by atoms with Crippen LogP contribution in [0.25, 0.3) is 0 Å². The van der Waals surface area contributed by atoms with Gasteiger partial charge < -0.3 is 0 Å². The Kier molecular flexibility index (Phi) is 1.74. The molecule has 1 amide bonds. The lowest BCUT2D eigenvalue weighted by Gasteiger charge is -1.90. The first-order valence-electron chi connectivity index (χ1n) is 2.50. The molecule has 0 aliphatic carbocycles. The quantitative estimate of drug-likeness (QED) is 0.532. The minimum Gasteiger partial charge on any atom is -0.290 e. The van der Waals surface area contributed by atoms with Gasteiger partial charge in [0.05, 0.1) is 0 Å². The fourth-order valence-corrected chi connectivity index (χ4v) is 0.380. The normalized spacial score (nSPS) is 8.80. The standard InChI is InChI=1S/C4H5N5O/c1-2-3(10)5-4-6-8-9-7-4/h2H,1H2,(H2,5,6,7,8,9,10). The molecule has 0 atom stereocenters. The molecule has 6 nitrogen and oxygen atoms in total. The van der Waals surface area contributed by atoms with Gasteiger partial charge in [-0.25, -0.2) is 5.10 Å². The number of hydrogen-bond acceptors (Lipinski definition) is 4. The van der Waals surface area contributed by atoms with Gasteiger partial charge in [-0.05, 0) is 16.5 Å². The Hall–Kier alpha value is -1.72. The average molecular weight is 139 g/mol. The number of carbonyl (C=O) groups excluding carboxylic acids is 1. The first kappa shape index (κ1) is 6.40. The van der Waals surface area contributed by atoms with Gasteiger partial charge in [0.15, 0.2) is 0 Å². The number of carbonyl (C=O) groups is 1. The van der Waals surface area contributed by atoms with Crippen LogP contribution >= 0.6 is 0 Å². The van der Waals surface area contributed by atoms with E-state index in [9.17, 15) is 4.79 Å². The zero-order valence-corrected chi connectivity index (χ0v) is 5.03. The van der Waals surface area contributed by atoms with E-state index < -0.39 is 0 Å². The number of aromatic amines is 1. The van der Waals surface area contributed by atoms with E-state index in [0.717, 1.165) is 6.08 Å². The highest BCUT2D eigenvalue weighted by Gasteiger charge is 1.97. The van der Waals surface area contributed by atoms with Crippen LogP contribution in [0.1, 0.15) is 0 Å². The number of aromatic nitrogens is 4. The topological polar surface area (TPSA) is 83.6 Å². The molecular weight excluding hydrogens is 134 g/mol. The summed E-state index contributed by atoms with van der Waals surface area (Å²) in [5, 5.41) is 14.6. The molecule has 1 rings (SSSR count). The van der Waals surface area contributed by atoms with Crippen molar-refractivity contribution in [3.05, 3.63) is 12.7 Å². The number of nitrogens with one attached hydrogen (secondary N) is 2. The fourth-order valence-electron chi connectivity index (χ4n) is 0.380. The molecule has 0 radical (unpaired) electrons. The lowest BCUT2D eigenvalue weighted by molar-refractivity contribution is -0.111. The van der Waals surface area contributed by atoms with Crippen LogP contribution in [0.2, 0.25) is 0 Å². The van der Waals surface area contributed by atoms with Gasteiger partial charge in [0.1, 0.15) is 0 Å². The number of H-pyrrole nitrogens is 1. The van der Waals surface area contributed by atoms with Crippen molar-refractivity contribution in [2.45, 2.75) is 0 Å². The van der Waals surface area contributed by atoms with Crippen LogP contribution in [0.15, 0.2) is 12.7 Å². The van der Waals surface area contributed by atoms with Gasteiger partial charge in [-0.1, -0.05) is 11.7 Å². The molecule has 1 aromatic heterocycles. The highest BCUT2D eigenvalue weighted by molar-refractivity contribution is 5.97. The van der Waals surface area contributed by atoms with Gasteiger partial charge in [-0.3, -0.25) is 10.1 Å². The van der Waals surface area contributed by atoms with Crippen LogP contribution in [0.4, 0.5) is 5.95 Å². The predicted octanol–water partition coefficient (Wildman–Crippen LogP) is -0.676. The predicted molar refractivity (Wildman–Crippen MR) is 33.0 cm³/mol. The Morgan fingerprint density at radius 1 is 1.80 bits per heavy atom. The maximum absolute atomic E-state index is 10.5. The average Bonchev–Trinajstić information content (AvgIpc) is 2.40. The number of rotatable bonds is 2. The van der Waals surface area contributed by atoms with Crippen LogP contribution < -0.4 is 5.32 Å². The number of anilines is 1. The summed E-state index contributed by atoms with van der Waals surface area (Å²) in [4.78, 5) is 10.5. The number of hydrogen-bond donors (Lipinski definition) is 2. The smallest absolute Gasteiger partial charge is 0.250 e. The summed E-state index contributed by atoms with van der Waals surface area (Å²) in [5.74, 6) is -0.136. The number of amides is 1. The van der Waals surface area contributed by atoms with E-state index in [2.05, 4.69) is 32.5 Å². The molecule has 0 aliphatic heterocycles. The molecule has 0 spiro atoms. The van der Waals surface area contributed by atoms with Crippen molar-refractivity contribution in [1.82, 2.24) is 20.6 Å². The van der Waals surface area contributed by atoms with Crippen LogP contribution in [0, 0.1) is 0 Å². The highest BCUT2D eigenvalue weighted by Crippen LogP contribution is 1.88. The third-order valence-electron chi connectivity index (χ3n) is 0.772.